The molecule has 5 nitrogen and oxygen atoms in total. The van der Waals surface area contributed by atoms with E-state index in [9.17, 15) is 15.0 Å². The molecule has 0 aromatic carbocycles. The summed E-state index contributed by atoms with van der Waals surface area (Å²) in [5, 5.41) is 27.3. The van der Waals surface area contributed by atoms with E-state index in [4.69, 9.17) is 5.11 Å². The van der Waals surface area contributed by atoms with Crippen LogP contribution in [-0.2, 0) is 4.79 Å². The van der Waals surface area contributed by atoms with Gasteiger partial charge in [-0.2, -0.15) is 0 Å². The Bertz CT molecular complexity index is 332. The van der Waals surface area contributed by atoms with E-state index in [-0.39, 0.29) is 11.8 Å². The van der Waals surface area contributed by atoms with Crippen molar-refractivity contribution in [3.63, 3.8) is 0 Å². The highest BCUT2D eigenvalue weighted by Gasteiger charge is 2.27. The van der Waals surface area contributed by atoms with Crippen LogP contribution in [0.25, 0.3) is 0 Å². The largest absolute Gasteiger partial charge is 0.494 e. The van der Waals surface area contributed by atoms with Crippen LogP contribution in [-0.4, -0.2) is 30.7 Å². The predicted octanol–water partition coefficient (Wildman–Crippen LogP) is 1.64. The Morgan fingerprint density at radius 1 is 1.29 bits per heavy atom. The molecule has 0 spiro atoms. The topological polar surface area (TPSA) is 82.7 Å². The van der Waals surface area contributed by atoms with Crippen LogP contribution in [0.3, 0.4) is 0 Å². The van der Waals surface area contributed by atoms with E-state index in [0.29, 0.717) is 0 Å². The lowest BCUT2D eigenvalue weighted by atomic mass is 10.4. The second-order valence-electron chi connectivity index (χ2n) is 2.53. The molecule has 1 aromatic rings. The van der Waals surface area contributed by atoms with Gasteiger partial charge < -0.3 is 15.3 Å². The quantitative estimate of drug-likeness (QED) is 0.737. The van der Waals surface area contributed by atoms with E-state index in [1.54, 1.807) is 0 Å². The Balaban J connectivity index is 2.99. The van der Waals surface area contributed by atoms with Gasteiger partial charge in [0.2, 0.25) is 0 Å². The molecule has 0 amide bonds. The molecule has 0 aliphatic heterocycles. The van der Waals surface area contributed by atoms with E-state index < -0.39 is 15.7 Å². The Kier molecular flexibility index (Phi) is 3.43. The lowest BCUT2D eigenvalue weighted by Gasteiger charge is -2.16. The molecule has 0 saturated heterocycles. The zero-order valence-corrected chi connectivity index (χ0v) is 9.93. The van der Waals surface area contributed by atoms with Gasteiger partial charge in [0, 0.05) is 12.1 Å². The molecule has 14 heavy (non-hydrogen) atoms. The van der Waals surface area contributed by atoms with Gasteiger partial charge in [0.15, 0.2) is 11.8 Å². The first-order valence-electron chi connectivity index (χ1n) is 3.55. The summed E-state index contributed by atoms with van der Waals surface area (Å²) in [4.78, 5) is 8.88. The molecule has 3 N–H and O–H groups in total. The number of aliphatic carboxylic acids is 1. The monoisotopic (exact) mass is 327 g/mol. The molecule has 78 valence electrons. The minimum absolute atomic E-state index is 0.213. The van der Waals surface area contributed by atoms with Crippen LogP contribution in [0, 0.1) is 0 Å². The smallest absolute Gasteiger partial charge is 0.320 e. The van der Waals surface area contributed by atoms with Crippen molar-refractivity contribution in [2.24, 2.45) is 0 Å². The van der Waals surface area contributed by atoms with Crippen LogP contribution in [0.2, 0.25) is 0 Å². The first-order valence-corrected chi connectivity index (χ1v) is 5.38. The Labute approximate surface area is 96.2 Å². The van der Waals surface area contributed by atoms with Crippen LogP contribution in [0.4, 0.5) is 0 Å². The van der Waals surface area contributed by atoms with Gasteiger partial charge in [0.1, 0.15) is 9.78 Å². The average molecular weight is 329 g/mol. The molecule has 2 unspecified atom stereocenters. The average Bonchev–Trinajstić information content (AvgIpc) is 2.44. The lowest BCUT2D eigenvalue weighted by Crippen LogP contribution is -2.21. The van der Waals surface area contributed by atoms with Gasteiger partial charge in [-0.3, -0.25) is 9.36 Å². The third kappa shape index (κ3) is 2.03. The van der Waals surface area contributed by atoms with E-state index in [0.717, 1.165) is 4.57 Å². The second kappa shape index (κ2) is 4.22. The standard InChI is InChI=1S/C7H7Br2NO4/c8-5(7(13)14)6(9)10-3(11)1-2-4(10)12/h1-2,5-6,11-12H,(H,13,14). The number of carbonyl (C=O) groups is 1. The van der Waals surface area contributed by atoms with E-state index in [1.165, 1.54) is 12.1 Å². The molecular formula is C7H7Br2NO4. The first kappa shape index (κ1) is 11.4. The molecule has 2 atom stereocenters. The van der Waals surface area contributed by atoms with E-state index >= 15 is 0 Å². The number of carboxylic acid groups (broad SMARTS) is 1. The minimum atomic E-state index is -1.10. The lowest BCUT2D eigenvalue weighted by molar-refractivity contribution is -0.136. The van der Waals surface area contributed by atoms with Crippen LogP contribution in [0.1, 0.15) is 4.95 Å². The highest BCUT2D eigenvalue weighted by Crippen LogP contribution is 2.34. The number of halogens is 2. The highest BCUT2D eigenvalue weighted by molar-refractivity contribution is 9.12. The molecule has 1 rings (SSSR count). The van der Waals surface area contributed by atoms with Crippen molar-refractivity contribution in [3.8, 4) is 11.8 Å². The maximum atomic E-state index is 10.6. The molecule has 0 bridgehead atoms. The molecule has 0 radical (unpaired) electrons. The number of aromatic nitrogens is 1. The number of nitrogens with zero attached hydrogens (tertiary/aromatic N) is 1. The summed E-state index contributed by atoms with van der Waals surface area (Å²) < 4.78 is 1.05. The SMILES string of the molecule is O=C(O)C(Br)C(Br)n1c(O)ccc1O. The number of alkyl halides is 2. The minimum Gasteiger partial charge on any atom is -0.494 e. The van der Waals surface area contributed by atoms with Gasteiger partial charge >= 0.3 is 5.97 Å². The van der Waals surface area contributed by atoms with Crippen LogP contribution in [0.15, 0.2) is 12.1 Å². The van der Waals surface area contributed by atoms with Crippen LogP contribution < -0.4 is 0 Å². The van der Waals surface area contributed by atoms with E-state index in [2.05, 4.69) is 31.9 Å². The van der Waals surface area contributed by atoms with Gasteiger partial charge in [-0.25, -0.2) is 0 Å². The summed E-state index contributed by atoms with van der Waals surface area (Å²) in [5.74, 6) is -1.52. The second-order valence-corrected chi connectivity index (χ2v) is 4.46. The van der Waals surface area contributed by atoms with Crippen molar-refractivity contribution in [1.29, 1.82) is 0 Å². The zero-order chi connectivity index (χ0) is 10.9. The molecule has 0 saturated carbocycles. The fraction of sp³-hybridized carbons (Fsp3) is 0.286. The third-order valence-corrected chi connectivity index (χ3v) is 4.14. The summed E-state index contributed by atoms with van der Waals surface area (Å²) in [7, 11) is 0. The number of aromatic hydroxyl groups is 2. The maximum Gasteiger partial charge on any atom is 0.320 e. The molecular weight excluding hydrogens is 322 g/mol. The van der Waals surface area contributed by atoms with Crippen molar-refractivity contribution in [3.05, 3.63) is 12.1 Å². The summed E-state index contributed by atoms with van der Waals surface area (Å²) in [5.41, 5.74) is 0. The number of hydrogen-bond acceptors (Lipinski definition) is 3. The number of carboxylic acids is 1. The first-order chi connectivity index (χ1) is 6.45. The molecule has 1 aromatic heterocycles. The van der Waals surface area contributed by atoms with Crippen molar-refractivity contribution < 1.29 is 20.1 Å². The molecule has 0 aliphatic rings. The van der Waals surface area contributed by atoms with Crippen molar-refractivity contribution in [2.45, 2.75) is 9.78 Å². The van der Waals surface area contributed by atoms with Crippen LogP contribution in [0.5, 0.6) is 11.8 Å². The van der Waals surface area contributed by atoms with Gasteiger partial charge in [-0.15, -0.1) is 0 Å². The summed E-state index contributed by atoms with van der Waals surface area (Å²) in [6.07, 6.45) is 0. The van der Waals surface area contributed by atoms with Gasteiger partial charge in [0.25, 0.3) is 0 Å². The van der Waals surface area contributed by atoms with Gasteiger partial charge in [-0.05, 0) is 0 Å². The zero-order valence-electron chi connectivity index (χ0n) is 6.76. The van der Waals surface area contributed by atoms with Crippen molar-refractivity contribution in [1.82, 2.24) is 4.57 Å². The Morgan fingerprint density at radius 3 is 2.07 bits per heavy atom. The third-order valence-electron chi connectivity index (χ3n) is 1.60. The molecule has 7 heteroatoms. The highest BCUT2D eigenvalue weighted by atomic mass is 79.9. The number of rotatable bonds is 3. The van der Waals surface area contributed by atoms with Crippen molar-refractivity contribution >= 4 is 37.8 Å². The molecule has 0 aliphatic carbocycles. The molecule has 1 heterocycles. The van der Waals surface area contributed by atoms with Gasteiger partial charge in [-0.1, -0.05) is 31.9 Å². The van der Waals surface area contributed by atoms with Crippen molar-refractivity contribution in [2.75, 3.05) is 0 Å². The normalized spacial score (nSPS) is 15.0. The van der Waals surface area contributed by atoms with E-state index in [1.807, 2.05) is 0 Å². The fourth-order valence-electron chi connectivity index (χ4n) is 0.928. The Hall–Kier alpha value is -0.690. The summed E-state index contributed by atoms with van der Waals surface area (Å²) in [6, 6.07) is 2.54. The Morgan fingerprint density at radius 2 is 1.71 bits per heavy atom. The number of hydrogen-bond donors (Lipinski definition) is 3. The van der Waals surface area contributed by atoms with Gasteiger partial charge in [0.05, 0.1) is 0 Å². The summed E-state index contributed by atoms with van der Waals surface area (Å²) >= 11 is 5.96. The molecule has 0 fully saturated rings. The summed E-state index contributed by atoms with van der Waals surface area (Å²) in [6.45, 7) is 0. The fourth-order valence-corrected chi connectivity index (χ4v) is 1.81. The van der Waals surface area contributed by atoms with Crippen LogP contribution >= 0.6 is 31.9 Å². The predicted molar refractivity (Wildman–Crippen MR) is 56.1 cm³/mol. The maximum absolute atomic E-state index is 10.6.